The van der Waals surface area contributed by atoms with Crippen LogP contribution in [0.3, 0.4) is 0 Å². The van der Waals surface area contributed by atoms with E-state index >= 15 is 0 Å². The Balaban J connectivity index is 2.01. The normalized spacial score (nSPS) is 16.2. The van der Waals surface area contributed by atoms with Crippen molar-refractivity contribution in [1.82, 2.24) is 4.57 Å². The van der Waals surface area contributed by atoms with E-state index in [2.05, 4.69) is 0 Å². The third-order valence-corrected chi connectivity index (χ3v) is 3.79. The Labute approximate surface area is 105 Å². The summed E-state index contributed by atoms with van der Waals surface area (Å²) >= 11 is 0. The van der Waals surface area contributed by atoms with Crippen molar-refractivity contribution >= 4 is 23.1 Å². The van der Waals surface area contributed by atoms with Gasteiger partial charge in [-0.1, -0.05) is 12.8 Å². The molecule has 1 fully saturated rings. The zero-order valence-corrected chi connectivity index (χ0v) is 10.1. The first kappa shape index (κ1) is 11.2. The summed E-state index contributed by atoms with van der Waals surface area (Å²) in [6.07, 6.45) is 6.97. The molecule has 3 heteroatoms. The molecule has 0 N–H and O–H groups in total. The predicted molar refractivity (Wildman–Crippen MR) is 69.9 cm³/mol. The molecule has 1 saturated carbocycles. The monoisotopic (exact) mass is 241 g/mol. The maximum Gasteiger partial charge on any atom is 0.234 e. The Kier molecular flexibility index (Phi) is 2.74. The van der Waals surface area contributed by atoms with Crippen molar-refractivity contribution in [2.45, 2.75) is 25.7 Å². The van der Waals surface area contributed by atoms with Gasteiger partial charge >= 0.3 is 0 Å². The van der Waals surface area contributed by atoms with Gasteiger partial charge in [0.1, 0.15) is 6.29 Å². The highest BCUT2D eigenvalue weighted by Gasteiger charge is 2.24. The number of fused-ring (bicyclic) bond motifs is 1. The lowest BCUT2D eigenvalue weighted by Gasteiger charge is -2.09. The van der Waals surface area contributed by atoms with Gasteiger partial charge in [-0.3, -0.25) is 14.2 Å². The molecule has 1 aromatic carbocycles. The van der Waals surface area contributed by atoms with Gasteiger partial charge in [0.25, 0.3) is 0 Å². The minimum absolute atomic E-state index is 0.173. The van der Waals surface area contributed by atoms with Crippen LogP contribution in [0.5, 0.6) is 0 Å². The predicted octanol–water partition coefficient (Wildman–Crippen LogP) is 3.28. The summed E-state index contributed by atoms with van der Waals surface area (Å²) < 4.78 is 1.74. The second kappa shape index (κ2) is 4.41. The summed E-state index contributed by atoms with van der Waals surface area (Å²) in [6, 6.07) is 7.33. The zero-order chi connectivity index (χ0) is 12.5. The molecule has 2 aromatic rings. The van der Waals surface area contributed by atoms with E-state index in [9.17, 15) is 9.59 Å². The van der Waals surface area contributed by atoms with Crippen LogP contribution in [0.15, 0.2) is 30.5 Å². The summed E-state index contributed by atoms with van der Waals surface area (Å²) in [5, 5.41) is 0.950. The van der Waals surface area contributed by atoms with Crippen molar-refractivity contribution < 1.29 is 9.59 Å². The smallest absolute Gasteiger partial charge is 0.234 e. The van der Waals surface area contributed by atoms with E-state index in [-0.39, 0.29) is 11.8 Å². The lowest BCUT2D eigenvalue weighted by Crippen LogP contribution is -2.18. The molecule has 0 saturated heterocycles. The van der Waals surface area contributed by atoms with Crippen LogP contribution in [0.1, 0.15) is 40.8 Å². The third kappa shape index (κ3) is 1.76. The van der Waals surface area contributed by atoms with E-state index < -0.39 is 0 Å². The summed E-state index contributed by atoms with van der Waals surface area (Å²) in [6.45, 7) is 0. The van der Waals surface area contributed by atoms with Crippen LogP contribution < -0.4 is 0 Å². The Morgan fingerprint density at radius 1 is 1.22 bits per heavy atom. The molecule has 0 spiro atoms. The Hall–Kier alpha value is -1.90. The van der Waals surface area contributed by atoms with Crippen molar-refractivity contribution in [2.24, 2.45) is 5.92 Å². The van der Waals surface area contributed by atoms with Gasteiger partial charge in [-0.05, 0) is 37.1 Å². The van der Waals surface area contributed by atoms with Crippen molar-refractivity contribution in [2.75, 3.05) is 0 Å². The van der Waals surface area contributed by atoms with Crippen LogP contribution in [0.2, 0.25) is 0 Å². The number of aromatic nitrogens is 1. The highest BCUT2D eigenvalue weighted by atomic mass is 16.2. The third-order valence-electron chi connectivity index (χ3n) is 3.79. The lowest BCUT2D eigenvalue weighted by molar-refractivity contribution is 0.0842. The van der Waals surface area contributed by atoms with Crippen molar-refractivity contribution in [3.8, 4) is 0 Å². The number of carbonyl (C=O) groups is 2. The highest BCUT2D eigenvalue weighted by Crippen LogP contribution is 2.28. The number of hydrogen-bond donors (Lipinski definition) is 0. The molecule has 0 radical (unpaired) electrons. The second-order valence-electron chi connectivity index (χ2n) is 4.94. The number of benzene rings is 1. The Morgan fingerprint density at radius 3 is 2.72 bits per heavy atom. The van der Waals surface area contributed by atoms with E-state index in [4.69, 9.17) is 0 Å². The van der Waals surface area contributed by atoms with Crippen LogP contribution in [-0.2, 0) is 0 Å². The van der Waals surface area contributed by atoms with E-state index in [1.54, 1.807) is 10.6 Å². The van der Waals surface area contributed by atoms with Gasteiger partial charge in [-0.25, -0.2) is 0 Å². The van der Waals surface area contributed by atoms with Gasteiger partial charge in [0.2, 0.25) is 5.91 Å². The molecule has 1 aliphatic rings. The first-order chi connectivity index (χ1) is 8.79. The van der Waals surface area contributed by atoms with Crippen molar-refractivity contribution in [1.29, 1.82) is 0 Å². The topological polar surface area (TPSA) is 39.1 Å². The lowest BCUT2D eigenvalue weighted by atomic mass is 10.1. The van der Waals surface area contributed by atoms with Gasteiger partial charge in [-0.2, -0.15) is 0 Å². The van der Waals surface area contributed by atoms with E-state index in [1.807, 2.05) is 24.4 Å². The maximum absolute atomic E-state index is 12.4. The van der Waals surface area contributed by atoms with E-state index in [1.165, 1.54) is 0 Å². The standard InChI is InChI=1S/C15H15NO2/c17-10-11-5-6-14-13(9-11)7-8-16(14)15(18)12-3-1-2-4-12/h5-10,12H,1-4H2. The summed E-state index contributed by atoms with van der Waals surface area (Å²) in [5.41, 5.74) is 1.55. The number of nitrogens with zero attached hydrogens (tertiary/aromatic N) is 1. The average molecular weight is 241 g/mol. The first-order valence-electron chi connectivity index (χ1n) is 6.40. The molecule has 3 nitrogen and oxygen atoms in total. The number of aldehydes is 1. The zero-order valence-electron chi connectivity index (χ0n) is 10.1. The largest absolute Gasteiger partial charge is 0.298 e. The van der Waals surface area contributed by atoms with E-state index in [0.29, 0.717) is 5.56 Å². The van der Waals surface area contributed by atoms with Crippen LogP contribution in [-0.4, -0.2) is 16.8 Å². The molecule has 1 heterocycles. The second-order valence-corrected chi connectivity index (χ2v) is 4.94. The highest BCUT2D eigenvalue weighted by molar-refractivity contribution is 5.95. The molecule has 3 rings (SSSR count). The first-order valence-corrected chi connectivity index (χ1v) is 6.40. The molecule has 1 aliphatic carbocycles. The van der Waals surface area contributed by atoms with Gasteiger partial charge in [-0.15, -0.1) is 0 Å². The molecule has 92 valence electrons. The fourth-order valence-corrected chi connectivity index (χ4v) is 2.80. The van der Waals surface area contributed by atoms with Crippen molar-refractivity contribution in [3.63, 3.8) is 0 Å². The number of carbonyl (C=O) groups excluding carboxylic acids is 2. The van der Waals surface area contributed by atoms with Crippen LogP contribution in [0.4, 0.5) is 0 Å². The molecule has 0 unspecified atom stereocenters. The number of rotatable bonds is 2. The molecule has 0 amide bonds. The van der Waals surface area contributed by atoms with Crippen LogP contribution in [0, 0.1) is 5.92 Å². The average Bonchev–Trinajstić information content (AvgIpc) is 3.06. The summed E-state index contributed by atoms with van der Waals surface area (Å²) in [7, 11) is 0. The van der Waals surface area contributed by atoms with E-state index in [0.717, 1.165) is 42.9 Å². The summed E-state index contributed by atoms with van der Waals surface area (Å²) in [4.78, 5) is 23.1. The molecule has 1 aromatic heterocycles. The molecule has 0 bridgehead atoms. The molecule has 0 atom stereocenters. The number of hydrogen-bond acceptors (Lipinski definition) is 2. The molecular formula is C15H15NO2. The Morgan fingerprint density at radius 2 is 2.00 bits per heavy atom. The molecular weight excluding hydrogens is 226 g/mol. The SMILES string of the molecule is O=Cc1ccc2c(ccn2C(=O)C2CCCC2)c1. The van der Waals surface area contributed by atoms with Crippen LogP contribution in [0.25, 0.3) is 10.9 Å². The maximum atomic E-state index is 12.4. The quantitative estimate of drug-likeness (QED) is 0.757. The molecule has 0 aliphatic heterocycles. The minimum Gasteiger partial charge on any atom is -0.298 e. The summed E-state index contributed by atoms with van der Waals surface area (Å²) in [5.74, 6) is 0.368. The van der Waals surface area contributed by atoms with Gasteiger partial charge in [0, 0.05) is 23.1 Å². The van der Waals surface area contributed by atoms with Gasteiger partial charge < -0.3 is 0 Å². The fourth-order valence-electron chi connectivity index (χ4n) is 2.80. The van der Waals surface area contributed by atoms with Crippen LogP contribution >= 0.6 is 0 Å². The van der Waals surface area contributed by atoms with Gasteiger partial charge in [0.15, 0.2) is 0 Å². The molecule has 18 heavy (non-hydrogen) atoms. The Bertz CT molecular complexity index is 606. The van der Waals surface area contributed by atoms with Crippen molar-refractivity contribution in [3.05, 3.63) is 36.0 Å². The fraction of sp³-hybridized carbons (Fsp3) is 0.333. The van der Waals surface area contributed by atoms with Gasteiger partial charge in [0.05, 0.1) is 5.52 Å². The minimum atomic E-state index is 0.173.